The lowest BCUT2D eigenvalue weighted by Gasteiger charge is -2.19. The maximum Gasteiger partial charge on any atom is 0.160 e. The Morgan fingerprint density at radius 1 is 0.234 bits per heavy atom. The fraction of sp³-hybridized carbons (Fsp3) is 0. The minimum Gasteiger partial charge on any atom is -0.228 e. The molecule has 0 saturated carbocycles. The van der Waals surface area contributed by atoms with Crippen molar-refractivity contribution in [3.63, 3.8) is 0 Å². The minimum atomic E-state index is 0.699. The molecular formula is C62H40N2. The van der Waals surface area contributed by atoms with E-state index in [0.717, 1.165) is 44.8 Å². The standard InChI is InChI=1S/C62H40N2/c1-3-18-46(19-4-1)59-54-27-13-14-28-55(54)60(61-50-24-10-8-17-44(50)38-39-56(59)61)47-36-32-42(33-37-47)41-30-34-45(35-31-41)57-40-58(64-62(63-57)48-20-5-2-6-21-48)53-26-12-11-25-52(53)51-29-15-22-43-16-7-9-23-49(43)51/h1-40H. The molecule has 64 heavy (non-hydrogen) atoms. The monoisotopic (exact) mass is 812 g/mol. The summed E-state index contributed by atoms with van der Waals surface area (Å²) in [6.07, 6.45) is 0. The highest BCUT2D eigenvalue weighted by molar-refractivity contribution is 6.28. The van der Waals surface area contributed by atoms with Gasteiger partial charge in [0.2, 0.25) is 0 Å². The molecule has 11 aromatic carbocycles. The van der Waals surface area contributed by atoms with Crippen LogP contribution in [0, 0.1) is 0 Å². The zero-order valence-electron chi connectivity index (χ0n) is 35.0. The van der Waals surface area contributed by atoms with Gasteiger partial charge in [0.25, 0.3) is 0 Å². The van der Waals surface area contributed by atoms with Crippen LogP contribution in [0.4, 0.5) is 0 Å². The van der Waals surface area contributed by atoms with Gasteiger partial charge in [0, 0.05) is 16.7 Å². The van der Waals surface area contributed by atoms with Gasteiger partial charge in [-0.05, 0) is 93.7 Å². The molecule has 0 atom stereocenters. The number of rotatable bonds is 7. The smallest absolute Gasteiger partial charge is 0.160 e. The van der Waals surface area contributed by atoms with Crippen molar-refractivity contribution in [1.82, 2.24) is 9.97 Å². The number of fused-ring (bicyclic) bond motifs is 5. The van der Waals surface area contributed by atoms with Crippen molar-refractivity contribution in [2.24, 2.45) is 0 Å². The third-order valence-corrected chi connectivity index (χ3v) is 12.7. The highest BCUT2D eigenvalue weighted by atomic mass is 14.9. The van der Waals surface area contributed by atoms with Crippen molar-refractivity contribution in [3.05, 3.63) is 243 Å². The van der Waals surface area contributed by atoms with Crippen LogP contribution in [0.5, 0.6) is 0 Å². The molecule has 0 aliphatic heterocycles. The largest absolute Gasteiger partial charge is 0.228 e. The second kappa shape index (κ2) is 15.8. The number of hydrogen-bond donors (Lipinski definition) is 0. The lowest BCUT2D eigenvalue weighted by atomic mass is 9.84. The molecule has 0 amide bonds. The van der Waals surface area contributed by atoms with Gasteiger partial charge in [-0.25, -0.2) is 9.97 Å². The molecule has 0 aliphatic carbocycles. The summed E-state index contributed by atoms with van der Waals surface area (Å²) >= 11 is 0. The first-order valence-electron chi connectivity index (χ1n) is 21.9. The van der Waals surface area contributed by atoms with E-state index >= 15 is 0 Å². The average molecular weight is 813 g/mol. The summed E-state index contributed by atoms with van der Waals surface area (Å²) in [4.78, 5) is 10.4. The first-order chi connectivity index (χ1) is 31.7. The molecule has 298 valence electrons. The van der Waals surface area contributed by atoms with Crippen molar-refractivity contribution >= 4 is 43.1 Å². The SMILES string of the molecule is c1ccc(-c2nc(-c3ccc(-c4ccc(-c5c6ccccc6c(-c6ccccc6)c6ccc7ccccc7c56)cc4)cc3)cc(-c3ccccc3-c3cccc4ccccc34)n2)cc1. The van der Waals surface area contributed by atoms with Gasteiger partial charge in [-0.2, -0.15) is 0 Å². The Kier molecular flexibility index (Phi) is 9.20. The van der Waals surface area contributed by atoms with E-state index in [4.69, 9.17) is 9.97 Å². The molecule has 2 heteroatoms. The number of hydrogen-bond acceptors (Lipinski definition) is 2. The lowest BCUT2D eigenvalue weighted by Crippen LogP contribution is -1.97. The van der Waals surface area contributed by atoms with Gasteiger partial charge in [-0.15, -0.1) is 0 Å². The summed E-state index contributed by atoms with van der Waals surface area (Å²) in [5, 5.41) is 9.99. The van der Waals surface area contributed by atoms with Crippen LogP contribution in [0.3, 0.4) is 0 Å². The molecule has 0 radical (unpaired) electrons. The highest BCUT2D eigenvalue weighted by Crippen LogP contribution is 2.46. The van der Waals surface area contributed by atoms with Gasteiger partial charge in [0.15, 0.2) is 5.82 Å². The maximum atomic E-state index is 5.23. The summed E-state index contributed by atoms with van der Waals surface area (Å²) in [5.74, 6) is 0.699. The Labute approximate surface area is 372 Å². The van der Waals surface area contributed by atoms with E-state index in [0.29, 0.717) is 5.82 Å². The molecule has 1 heterocycles. The summed E-state index contributed by atoms with van der Waals surface area (Å²) in [7, 11) is 0. The highest BCUT2D eigenvalue weighted by Gasteiger charge is 2.19. The molecule has 0 spiro atoms. The van der Waals surface area contributed by atoms with E-state index in [-0.39, 0.29) is 0 Å². The summed E-state index contributed by atoms with van der Waals surface area (Å²) < 4.78 is 0. The molecule has 1 aromatic heterocycles. The van der Waals surface area contributed by atoms with Gasteiger partial charge in [-0.1, -0.05) is 237 Å². The quantitative estimate of drug-likeness (QED) is 0.118. The molecule has 0 bridgehead atoms. The van der Waals surface area contributed by atoms with Crippen molar-refractivity contribution in [2.45, 2.75) is 0 Å². The first-order valence-corrected chi connectivity index (χ1v) is 21.9. The number of benzene rings is 11. The molecule has 2 nitrogen and oxygen atoms in total. The van der Waals surface area contributed by atoms with Crippen LogP contribution in [0.25, 0.3) is 122 Å². The molecule has 0 saturated heterocycles. The minimum absolute atomic E-state index is 0.699. The van der Waals surface area contributed by atoms with Crippen LogP contribution in [-0.4, -0.2) is 9.97 Å². The molecule has 0 unspecified atom stereocenters. The normalized spacial score (nSPS) is 11.4. The Balaban J connectivity index is 0.949. The van der Waals surface area contributed by atoms with Crippen molar-refractivity contribution in [1.29, 1.82) is 0 Å². The Bertz CT molecular complexity index is 3680. The third kappa shape index (κ3) is 6.52. The second-order valence-electron chi connectivity index (χ2n) is 16.4. The van der Waals surface area contributed by atoms with Crippen LogP contribution in [0.1, 0.15) is 0 Å². The molecule has 0 N–H and O–H groups in total. The van der Waals surface area contributed by atoms with Crippen molar-refractivity contribution in [3.8, 4) is 78.4 Å². The molecule has 0 fully saturated rings. The van der Waals surface area contributed by atoms with Gasteiger partial charge in [-0.3, -0.25) is 0 Å². The third-order valence-electron chi connectivity index (χ3n) is 12.7. The topological polar surface area (TPSA) is 25.8 Å². The van der Waals surface area contributed by atoms with Crippen molar-refractivity contribution in [2.75, 3.05) is 0 Å². The Morgan fingerprint density at radius 2 is 0.703 bits per heavy atom. The maximum absolute atomic E-state index is 5.23. The Morgan fingerprint density at radius 3 is 1.41 bits per heavy atom. The van der Waals surface area contributed by atoms with E-state index in [1.54, 1.807) is 0 Å². The molecular weight excluding hydrogens is 773 g/mol. The van der Waals surface area contributed by atoms with Crippen LogP contribution in [0.2, 0.25) is 0 Å². The summed E-state index contributed by atoms with van der Waals surface area (Å²) in [5.41, 5.74) is 14.4. The summed E-state index contributed by atoms with van der Waals surface area (Å²) in [6, 6.07) is 87.1. The predicted molar refractivity (Wildman–Crippen MR) is 270 cm³/mol. The van der Waals surface area contributed by atoms with Crippen LogP contribution in [0.15, 0.2) is 243 Å². The predicted octanol–water partition coefficient (Wildman–Crippen LogP) is 16.8. The fourth-order valence-electron chi connectivity index (χ4n) is 9.68. The van der Waals surface area contributed by atoms with Gasteiger partial charge in [0.05, 0.1) is 11.4 Å². The molecule has 12 rings (SSSR count). The molecule has 12 aromatic rings. The van der Waals surface area contributed by atoms with Gasteiger partial charge < -0.3 is 0 Å². The summed E-state index contributed by atoms with van der Waals surface area (Å²) in [6.45, 7) is 0. The van der Waals surface area contributed by atoms with Crippen molar-refractivity contribution < 1.29 is 0 Å². The van der Waals surface area contributed by atoms with Crippen LogP contribution < -0.4 is 0 Å². The van der Waals surface area contributed by atoms with E-state index in [9.17, 15) is 0 Å². The zero-order chi connectivity index (χ0) is 42.4. The van der Waals surface area contributed by atoms with E-state index in [1.165, 1.54) is 70.9 Å². The van der Waals surface area contributed by atoms with Gasteiger partial charge in [0.1, 0.15) is 0 Å². The second-order valence-corrected chi connectivity index (χ2v) is 16.4. The van der Waals surface area contributed by atoms with E-state index in [1.807, 2.05) is 18.2 Å². The van der Waals surface area contributed by atoms with Crippen LogP contribution in [-0.2, 0) is 0 Å². The number of nitrogens with zero attached hydrogens (tertiary/aromatic N) is 2. The van der Waals surface area contributed by atoms with E-state index in [2.05, 4.69) is 224 Å². The lowest BCUT2D eigenvalue weighted by molar-refractivity contribution is 1.18. The van der Waals surface area contributed by atoms with Crippen LogP contribution >= 0.6 is 0 Å². The average Bonchev–Trinajstić information content (AvgIpc) is 3.38. The zero-order valence-corrected chi connectivity index (χ0v) is 35.0. The first kappa shape index (κ1) is 37.3. The van der Waals surface area contributed by atoms with E-state index < -0.39 is 0 Å². The van der Waals surface area contributed by atoms with Gasteiger partial charge >= 0.3 is 0 Å². The molecule has 0 aliphatic rings. The fourth-order valence-corrected chi connectivity index (χ4v) is 9.68. The Hall–Kier alpha value is -8.46. The number of aromatic nitrogens is 2.